The van der Waals surface area contributed by atoms with Crippen molar-refractivity contribution in [2.24, 2.45) is 17.8 Å². The molecule has 112 valence electrons. The maximum atomic E-state index is 11.4. The quantitative estimate of drug-likeness (QED) is 0.840. The molecule has 0 aromatic carbocycles. The third-order valence-electron chi connectivity index (χ3n) is 6.49. The second-order valence-corrected chi connectivity index (χ2v) is 8.12. The van der Waals surface area contributed by atoms with Crippen molar-refractivity contribution in [3.63, 3.8) is 0 Å². The monoisotopic (exact) mass is 276 g/mol. The van der Waals surface area contributed by atoms with Crippen LogP contribution in [0.4, 0.5) is 0 Å². The topological polar surface area (TPSA) is 32.3 Å². The molecule has 5 aliphatic rings. The predicted molar refractivity (Wildman–Crippen MR) is 79.3 cm³/mol. The average Bonchev–Trinajstić information content (AvgIpc) is 2.37. The molecule has 0 radical (unpaired) electrons. The van der Waals surface area contributed by atoms with Crippen molar-refractivity contribution in [2.75, 3.05) is 13.1 Å². The number of carbonyl (C=O) groups excluding carboxylic acids is 1. The zero-order chi connectivity index (χ0) is 13.7. The van der Waals surface area contributed by atoms with E-state index in [1.54, 1.807) is 6.92 Å². The Morgan fingerprint density at radius 2 is 1.50 bits per heavy atom. The standard InChI is InChI=1S/C17H28N2O/c1-12(20)19-4-2-16(3-5-19)18-17-9-13-6-14(10-17)8-15(7-13)11-17/h13-16,18H,2-11H2,1H3. The molecule has 0 spiro atoms. The first kappa shape index (κ1) is 13.1. The molecule has 1 N–H and O–H groups in total. The summed E-state index contributed by atoms with van der Waals surface area (Å²) < 4.78 is 0. The molecular weight excluding hydrogens is 248 g/mol. The fourth-order valence-corrected chi connectivity index (χ4v) is 6.06. The van der Waals surface area contributed by atoms with Crippen LogP contribution in [0, 0.1) is 17.8 Å². The lowest BCUT2D eigenvalue weighted by atomic mass is 9.53. The SMILES string of the molecule is CC(=O)N1CCC(NC23CC4CC(CC(C4)C2)C3)CC1. The fraction of sp³-hybridized carbons (Fsp3) is 0.941. The van der Waals surface area contributed by atoms with Crippen LogP contribution in [0.2, 0.25) is 0 Å². The highest BCUT2D eigenvalue weighted by atomic mass is 16.2. The summed E-state index contributed by atoms with van der Waals surface area (Å²) in [5.41, 5.74) is 0.484. The molecule has 3 nitrogen and oxygen atoms in total. The minimum Gasteiger partial charge on any atom is -0.343 e. The molecule has 1 amide bonds. The molecule has 1 saturated heterocycles. The Morgan fingerprint density at radius 1 is 1.00 bits per heavy atom. The van der Waals surface area contributed by atoms with Crippen molar-refractivity contribution in [3.8, 4) is 0 Å². The van der Waals surface area contributed by atoms with Crippen LogP contribution < -0.4 is 5.32 Å². The summed E-state index contributed by atoms with van der Waals surface area (Å²) in [5.74, 6) is 3.31. The van der Waals surface area contributed by atoms with Crippen LogP contribution in [-0.4, -0.2) is 35.5 Å². The third-order valence-corrected chi connectivity index (χ3v) is 6.49. The maximum Gasteiger partial charge on any atom is 0.219 e. The first-order chi connectivity index (χ1) is 9.62. The number of nitrogens with one attached hydrogen (secondary N) is 1. The molecule has 4 saturated carbocycles. The van der Waals surface area contributed by atoms with Gasteiger partial charge in [0.15, 0.2) is 0 Å². The molecule has 0 aromatic heterocycles. The maximum absolute atomic E-state index is 11.4. The van der Waals surface area contributed by atoms with Crippen LogP contribution in [-0.2, 0) is 4.79 Å². The van der Waals surface area contributed by atoms with Crippen LogP contribution in [0.15, 0.2) is 0 Å². The Morgan fingerprint density at radius 3 is 1.95 bits per heavy atom. The molecular formula is C17H28N2O. The first-order valence-electron chi connectivity index (χ1n) is 8.65. The Bertz CT molecular complexity index is 363. The van der Waals surface area contributed by atoms with Gasteiger partial charge in [-0.2, -0.15) is 0 Å². The molecule has 1 heterocycles. The van der Waals surface area contributed by atoms with E-state index in [9.17, 15) is 4.79 Å². The molecule has 1 aliphatic heterocycles. The van der Waals surface area contributed by atoms with Crippen molar-refractivity contribution >= 4 is 5.91 Å². The lowest BCUT2D eigenvalue weighted by Gasteiger charge is -2.58. The first-order valence-corrected chi connectivity index (χ1v) is 8.65. The van der Waals surface area contributed by atoms with E-state index >= 15 is 0 Å². The largest absolute Gasteiger partial charge is 0.343 e. The molecule has 3 heteroatoms. The summed E-state index contributed by atoms with van der Waals surface area (Å²) in [4.78, 5) is 13.4. The van der Waals surface area contributed by atoms with Gasteiger partial charge >= 0.3 is 0 Å². The van der Waals surface area contributed by atoms with Crippen molar-refractivity contribution in [3.05, 3.63) is 0 Å². The van der Waals surface area contributed by atoms with Gasteiger partial charge in [-0.1, -0.05) is 0 Å². The molecule has 4 aliphatic carbocycles. The van der Waals surface area contributed by atoms with Gasteiger partial charge in [-0.3, -0.25) is 4.79 Å². The molecule has 0 aromatic rings. The van der Waals surface area contributed by atoms with Gasteiger partial charge in [-0.25, -0.2) is 0 Å². The van der Waals surface area contributed by atoms with E-state index in [0.29, 0.717) is 11.6 Å². The molecule has 20 heavy (non-hydrogen) atoms. The number of piperidine rings is 1. The summed E-state index contributed by atoms with van der Waals surface area (Å²) in [6.07, 6.45) is 11.2. The van der Waals surface area contributed by atoms with Gasteiger partial charge < -0.3 is 10.2 Å². The minimum absolute atomic E-state index is 0.248. The summed E-state index contributed by atoms with van der Waals surface area (Å²) in [6.45, 7) is 3.62. The van der Waals surface area contributed by atoms with Crippen LogP contribution >= 0.6 is 0 Å². The third kappa shape index (κ3) is 2.28. The second-order valence-electron chi connectivity index (χ2n) is 8.12. The fourth-order valence-electron chi connectivity index (χ4n) is 6.06. The van der Waals surface area contributed by atoms with E-state index in [2.05, 4.69) is 5.32 Å². The summed E-state index contributed by atoms with van der Waals surface area (Å²) in [6, 6.07) is 0.654. The van der Waals surface area contributed by atoms with Crippen LogP contribution in [0.3, 0.4) is 0 Å². The minimum atomic E-state index is 0.248. The van der Waals surface area contributed by atoms with Gasteiger partial charge in [0, 0.05) is 31.6 Å². The Kier molecular flexibility index (Phi) is 3.10. The summed E-state index contributed by atoms with van der Waals surface area (Å²) >= 11 is 0. The van der Waals surface area contributed by atoms with Crippen molar-refractivity contribution in [1.29, 1.82) is 0 Å². The number of carbonyl (C=O) groups is 1. The number of amides is 1. The van der Waals surface area contributed by atoms with Gasteiger partial charge in [0.25, 0.3) is 0 Å². The van der Waals surface area contributed by atoms with Crippen LogP contribution in [0.5, 0.6) is 0 Å². The molecule has 4 bridgehead atoms. The Labute approximate surface area is 122 Å². The van der Waals surface area contributed by atoms with Gasteiger partial charge in [-0.15, -0.1) is 0 Å². The average molecular weight is 276 g/mol. The predicted octanol–water partition coefficient (Wildman–Crippen LogP) is 2.56. The summed E-state index contributed by atoms with van der Waals surface area (Å²) in [5, 5.41) is 4.08. The van der Waals surface area contributed by atoms with Crippen molar-refractivity contribution in [1.82, 2.24) is 10.2 Å². The number of likely N-dealkylation sites (tertiary alicyclic amines) is 1. The van der Waals surface area contributed by atoms with Crippen LogP contribution in [0.25, 0.3) is 0 Å². The number of rotatable bonds is 2. The number of hydrogen-bond donors (Lipinski definition) is 1. The van der Waals surface area contributed by atoms with Gasteiger partial charge in [0.1, 0.15) is 0 Å². The van der Waals surface area contributed by atoms with Crippen LogP contribution in [0.1, 0.15) is 58.3 Å². The number of nitrogens with zero attached hydrogens (tertiary/aromatic N) is 1. The molecule has 0 atom stereocenters. The highest BCUT2D eigenvalue weighted by Gasteiger charge is 2.51. The van der Waals surface area contributed by atoms with E-state index in [-0.39, 0.29) is 5.91 Å². The van der Waals surface area contributed by atoms with Gasteiger partial charge in [0.05, 0.1) is 0 Å². The smallest absolute Gasteiger partial charge is 0.219 e. The molecule has 5 rings (SSSR count). The highest BCUT2D eigenvalue weighted by Crippen LogP contribution is 2.55. The van der Waals surface area contributed by atoms with E-state index < -0.39 is 0 Å². The highest BCUT2D eigenvalue weighted by molar-refractivity contribution is 5.73. The molecule has 0 unspecified atom stereocenters. The van der Waals surface area contributed by atoms with Crippen molar-refractivity contribution in [2.45, 2.75) is 69.9 Å². The van der Waals surface area contributed by atoms with E-state index in [0.717, 1.165) is 43.7 Å². The van der Waals surface area contributed by atoms with Gasteiger partial charge in [0.2, 0.25) is 5.91 Å². The van der Waals surface area contributed by atoms with E-state index in [4.69, 9.17) is 0 Å². The number of hydrogen-bond acceptors (Lipinski definition) is 2. The second kappa shape index (κ2) is 4.72. The molecule has 5 fully saturated rings. The zero-order valence-corrected chi connectivity index (χ0v) is 12.7. The van der Waals surface area contributed by atoms with Crippen molar-refractivity contribution < 1.29 is 4.79 Å². The Balaban J connectivity index is 1.39. The van der Waals surface area contributed by atoms with Gasteiger partial charge in [-0.05, 0) is 69.1 Å². The zero-order valence-electron chi connectivity index (χ0n) is 12.7. The lowest BCUT2D eigenvalue weighted by molar-refractivity contribution is -0.130. The van der Waals surface area contributed by atoms with E-state index in [1.165, 1.54) is 38.5 Å². The van der Waals surface area contributed by atoms with E-state index in [1.807, 2.05) is 4.90 Å². The summed E-state index contributed by atoms with van der Waals surface area (Å²) in [7, 11) is 0. The lowest BCUT2D eigenvalue weighted by Crippen LogP contribution is -2.62. The Hall–Kier alpha value is -0.570. The normalized spacial score (nSPS) is 44.0.